The molecule has 12 atom stereocenters. The summed E-state index contributed by atoms with van der Waals surface area (Å²) in [6, 6.07) is 27.2. The molecule has 3 fully saturated rings. The third-order valence-electron chi connectivity index (χ3n) is 13.5. The number of nitrogens with zero attached hydrogens (tertiary/aromatic N) is 2. The van der Waals surface area contributed by atoms with E-state index in [1.807, 2.05) is 48.5 Å². The van der Waals surface area contributed by atoms with Crippen LogP contribution in [0, 0.1) is 0 Å². The standard InChI is InChI=1S/C48H46N4O8.Pd/c53-45(54)29-9-1-25(2-10-29)41-33-17-19-35(49-33)42(26-3-11-30(12-4-26)46(55)56)37-21-23-39(51-37)44(28-7-15-32(16-8-28)48(59)60)40-24-22-38(52-40)43(36-20-18-34(41)50-36)27-5-13-31(14-6-27)47(57)58;/h1-17,19,22,24,33-44,49,52H,18,20-21,23H2,(H,53,54)(H,55,56)(H,57,58)(H,59,60);/q-2;+2. The predicted octanol–water partition coefficient (Wildman–Crippen LogP) is 7.53. The first kappa shape index (κ1) is 42.4. The average Bonchev–Trinajstić information content (AvgIpc) is 4.10. The van der Waals surface area contributed by atoms with Crippen LogP contribution in [0.5, 0.6) is 0 Å². The monoisotopic (exact) mass is 912 g/mol. The molecule has 61 heavy (non-hydrogen) atoms. The number of fused-ring (bicyclic) bond motifs is 8. The molecule has 3 saturated heterocycles. The van der Waals surface area contributed by atoms with Crippen molar-refractivity contribution in [1.82, 2.24) is 10.6 Å². The largest absolute Gasteiger partial charge is 2.00 e. The normalized spacial score (nSPS) is 31.3. The van der Waals surface area contributed by atoms with Crippen molar-refractivity contribution in [2.75, 3.05) is 0 Å². The van der Waals surface area contributed by atoms with Gasteiger partial charge in [0.05, 0.1) is 22.3 Å². The molecule has 12 nitrogen and oxygen atoms in total. The number of hydrogen-bond acceptors (Lipinski definition) is 6. The molecule has 9 rings (SSSR count). The summed E-state index contributed by atoms with van der Waals surface area (Å²) < 4.78 is 0. The van der Waals surface area contributed by atoms with Crippen molar-refractivity contribution < 1.29 is 60.0 Å². The Morgan fingerprint density at radius 2 is 0.574 bits per heavy atom. The maximum Gasteiger partial charge on any atom is 2.00 e. The average molecular weight is 913 g/mol. The van der Waals surface area contributed by atoms with E-state index in [0.717, 1.165) is 47.9 Å². The number of carbonyl (C=O) groups is 4. The van der Waals surface area contributed by atoms with Gasteiger partial charge in [-0.1, -0.05) is 98.5 Å². The molecular formula is C48H46N4O8Pd. The maximum absolute atomic E-state index is 11.9. The summed E-state index contributed by atoms with van der Waals surface area (Å²) in [7, 11) is 0. The zero-order valence-electron chi connectivity index (χ0n) is 32.9. The summed E-state index contributed by atoms with van der Waals surface area (Å²) in [6.07, 6.45) is 12.0. The Labute approximate surface area is 367 Å². The van der Waals surface area contributed by atoms with Crippen molar-refractivity contribution in [2.45, 2.75) is 97.7 Å². The molecule has 12 unspecified atom stereocenters. The molecule has 0 saturated carbocycles. The van der Waals surface area contributed by atoms with Gasteiger partial charge in [-0.3, -0.25) is 0 Å². The van der Waals surface area contributed by atoms with E-state index < -0.39 is 23.9 Å². The van der Waals surface area contributed by atoms with Crippen LogP contribution in [0.3, 0.4) is 0 Å². The van der Waals surface area contributed by atoms with Crippen LogP contribution in [0.15, 0.2) is 121 Å². The van der Waals surface area contributed by atoms with Crippen LogP contribution in [0.1, 0.15) is 113 Å². The minimum atomic E-state index is -0.994. The van der Waals surface area contributed by atoms with Crippen LogP contribution >= 0.6 is 0 Å². The van der Waals surface area contributed by atoms with Crippen LogP contribution in [-0.4, -0.2) is 92.6 Å². The van der Waals surface area contributed by atoms with Gasteiger partial charge in [-0.05, 0) is 94.5 Å². The number of benzene rings is 4. The van der Waals surface area contributed by atoms with Gasteiger partial charge in [-0.2, -0.15) is 0 Å². The molecule has 5 aliphatic heterocycles. The number of aromatic carboxylic acids is 4. The first-order chi connectivity index (χ1) is 29.0. The fraction of sp³-hybridized carbons (Fsp3) is 0.333. The Morgan fingerprint density at radius 3 is 0.754 bits per heavy atom. The first-order valence-electron chi connectivity index (χ1n) is 20.6. The van der Waals surface area contributed by atoms with E-state index in [-0.39, 0.29) is 115 Å². The summed E-state index contributed by atoms with van der Waals surface area (Å²) in [5.41, 5.74) is 4.73. The molecule has 6 N–H and O–H groups in total. The molecule has 0 spiro atoms. The van der Waals surface area contributed by atoms with Crippen molar-refractivity contribution in [3.8, 4) is 0 Å². The predicted molar refractivity (Wildman–Crippen MR) is 225 cm³/mol. The molecule has 316 valence electrons. The smallest absolute Gasteiger partial charge is 0.656 e. The van der Waals surface area contributed by atoms with Crippen LogP contribution < -0.4 is 10.6 Å². The summed E-state index contributed by atoms with van der Waals surface area (Å²) >= 11 is 0. The first-order valence-corrected chi connectivity index (χ1v) is 20.6. The summed E-state index contributed by atoms with van der Waals surface area (Å²) in [4.78, 5) is 47.5. The molecule has 0 aliphatic carbocycles. The van der Waals surface area contributed by atoms with Gasteiger partial charge >= 0.3 is 44.3 Å². The topological polar surface area (TPSA) is 201 Å². The van der Waals surface area contributed by atoms with Crippen molar-refractivity contribution in [3.05, 3.63) is 177 Å². The fourth-order valence-electron chi connectivity index (χ4n) is 10.7. The molecule has 13 heteroatoms. The molecule has 0 aromatic heterocycles. The van der Waals surface area contributed by atoms with E-state index in [1.165, 1.54) is 0 Å². The number of carboxylic acids is 4. The van der Waals surface area contributed by atoms with E-state index in [2.05, 4.69) is 34.9 Å². The van der Waals surface area contributed by atoms with Gasteiger partial charge in [-0.15, -0.1) is 24.2 Å². The molecule has 5 heterocycles. The molecule has 4 aromatic rings. The zero-order valence-corrected chi connectivity index (χ0v) is 34.5. The number of carboxylic acid groups (broad SMARTS) is 4. The molecular weight excluding hydrogens is 867 g/mol. The van der Waals surface area contributed by atoms with Gasteiger partial charge in [0.2, 0.25) is 0 Å². The van der Waals surface area contributed by atoms with Gasteiger partial charge in [0.15, 0.2) is 0 Å². The minimum absolute atomic E-state index is 0. The second kappa shape index (κ2) is 17.6. The molecule has 4 aromatic carbocycles. The van der Waals surface area contributed by atoms with E-state index in [4.69, 9.17) is 10.6 Å². The number of rotatable bonds is 8. The van der Waals surface area contributed by atoms with Crippen molar-refractivity contribution in [2.24, 2.45) is 0 Å². The van der Waals surface area contributed by atoms with Gasteiger partial charge in [0, 0.05) is 24.2 Å². The van der Waals surface area contributed by atoms with Crippen LogP contribution in [0.25, 0.3) is 10.6 Å². The van der Waals surface area contributed by atoms with E-state index in [0.29, 0.717) is 0 Å². The maximum atomic E-state index is 11.9. The summed E-state index contributed by atoms with van der Waals surface area (Å²) in [5.74, 6) is -4.52. The van der Waals surface area contributed by atoms with E-state index in [9.17, 15) is 39.6 Å². The summed E-state index contributed by atoms with van der Waals surface area (Å²) in [5, 5.41) is 58.1. The Hall–Kier alpha value is -5.26. The zero-order chi connectivity index (χ0) is 41.7. The van der Waals surface area contributed by atoms with Crippen LogP contribution in [-0.2, 0) is 20.4 Å². The number of hydrogen-bond donors (Lipinski definition) is 6. The molecule has 0 amide bonds. The van der Waals surface area contributed by atoms with Gasteiger partial charge in [0.1, 0.15) is 0 Å². The molecule has 5 aliphatic rings. The fourth-order valence-corrected chi connectivity index (χ4v) is 10.7. The van der Waals surface area contributed by atoms with Gasteiger partial charge in [-0.25, -0.2) is 19.2 Å². The van der Waals surface area contributed by atoms with Crippen LogP contribution in [0.2, 0.25) is 0 Å². The Balaban J connectivity index is 0.00000514. The second-order valence-corrected chi connectivity index (χ2v) is 16.7. The Morgan fingerprint density at radius 1 is 0.377 bits per heavy atom. The van der Waals surface area contributed by atoms with E-state index >= 15 is 0 Å². The van der Waals surface area contributed by atoms with E-state index in [1.54, 1.807) is 48.5 Å². The van der Waals surface area contributed by atoms with Gasteiger partial charge < -0.3 is 41.7 Å². The minimum Gasteiger partial charge on any atom is -0.656 e. The quantitative estimate of drug-likeness (QED) is 0.0759. The molecule has 8 bridgehead atoms. The third kappa shape index (κ3) is 8.39. The number of nitrogens with one attached hydrogen (secondary N) is 2. The molecule has 0 radical (unpaired) electrons. The van der Waals surface area contributed by atoms with Crippen molar-refractivity contribution in [1.29, 1.82) is 0 Å². The summed E-state index contributed by atoms with van der Waals surface area (Å²) in [6.45, 7) is 0. The second-order valence-electron chi connectivity index (χ2n) is 16.7. The Bertz CT molecular complexity index is 2010. The SMILES string of the molecule is O=C(O)c1ccc(C2C3CCC([N-]3)C(c3ccc(C(=O)O)cc3)C3C=CC(N3)C(c3ccc(C(=O)O)cc3)C3CCC([N-]3)C(c3ccc(C(=O)O)cc3)C3C=CC2N3)cc1.[Pd+2]. The van der Waals surface area contributed by atoms with Gasteiger partial charge in [0.25, 0.3) is 0 Å². The third-order valence-corrected chi connectivity index (χ3v) is 13.5. The van der Waals surface area contributed by atoms with Crippen molar-refractivity contribution >= 4 is 23.9 Å². The van der Waals surface area contributed by atoms with Crippen molar-refractivity contribution in [3.63, 3.8) is 0 Å². The Kier molecular flexibility index (Phi) is 12.3. The van der Waals surface area contributed by atoms with Crippen LogP contribution in [0.4, 0.5) is 0 Å².